The normalized spacial score (nSPS) is 38.0. The fourth-order valence-electron chi connectivity index (χ4n) is 3.70. The van der Waals surface area contributed by atoms with Crippen molar-refractivity contribution in [1.82, 2.24) is 9.88 Å². The molecule has 3 unspecified atom stereocenters. The molecule has 0 saturated carbocycles. The topological polar surface area (TPSA) is 118 Å². The van der Waals surface area contributed by atoms with E-state index in [1.807, 2.05) is 11.9 Å². The predicted molar refractivity (Wildman–Crippen MR) is 80.2 cm³/mol. The van der Waals surface area contributed by atoms with Crippen LogP contribution in [0.3, 0.4) is 0 Å². The molecule has 0 bridgehead atoms. The molecule has 1 aromatic heterocycles. The second-order valence-electron chi connectivity index (χ2n) is 6.48. The van der Waals surface area contributed by atoms with Gasteiger partial charge in [-0.3, -0.25) is 9.88 Å². The van der Waals surface area contributed by atoms with Gasteiger partial charge >= 0.3 is 17.7 Å². The molecule has 2 fully saturated rings. The van der Waals surface area contributed by atoms with E-state index < -0.39 is 42.1 Å². The number of pyridine rings is 1. The van der Waals surface area contributed by atoms with E-state index in [9.17, 15) is 19.8 Å². The van der Waals surface area contributed by atoms with Crippen LogP contribution in [0.4, 0.5) is 0 Å². The molecule has 9 nitrogen and oxygen atoms in total. The van der Waals surface area contributed by atoms with Crippen LogP contribution >= 0.6 is 0 Å². The summed E-state index contributed by atoms with van der Waals surface area (Å²) in [5.41, 5.74) is 0.313. The molecule has 9 heteroatoms. The lowest BCUT2D eigenvalue weighted by atomic mass is 9.96. The van der Waals surface area contributed by atoms with Crippen molar-refractivity contribution in [2.24, 2.45) is 0 Å². The molecule has 2 N–H and O–H groups in total. The minimum atomic E-state index is -2.04. The van der Waals surface area contributed by atoms with Gasteiger partial charge in [-0.25, -0.2) is 9.59 Å². The summed E-state index contributed by atoms with van der Waals surface area (Å²) in [5, 5.41) is 19.7. The maximum Gasteiger partial charge on any atom is 0.341 e. The molecule has 5 atom stereocenters. The van der Waals surface area contributed by atoms with Crippen molar-refractivity contribution in [3.63, 3.8) is 0 Å². The Morgan fingerprint density at radius 3 is 2.72 bits per heavy atom. The van der Waals surface area contributed by atoms with Crippen molar-refractivity contribution in [2.75, 3.05) is 13.6 Å². The largest absolute Gasteiger partial charge is 0.445 e. The zero-order chi connectivity index (χ0) is 17.8. The number of ether oxygens (including phenoxy) is 3. The van der Waals surface area contributed by atoms with E-state index in [0.29, 0.717) is 17.9 Å². The molecule has 134 valence electrons. The van der Waals surface area contributed by atoms with Crippen molar-refractivity contribution in [2.45, 2.75) is 43.0 Å². The minimum absolute atomic E-state index is 0.313. The maximum atomic E-state index is 12.3. The molecular formula is C16H18N2O7. The molecule has 4 rings (SSSR count). The monoisotopic (exact) mass is 350 g/mol. The van der Waals surface area contributed by atoms with Gasteiger partial charge in [0, 0.05) is 6.20 Å². The Morgan fingerprint density at radius 2 is 2.00 bits per heavy atom. The van der Waals surface area contributed by atoms with Crippen LogP contribution in [0.25, 0.3) is 0 Å². The Kier molecular flexibility index (Phi) is 3.67. The highest BCUT2D eigenvalue weighted by molar-refractivity contribution is 5.86. The molecule has 0 radical (unpaired) electrons. The number of hydrogen-bond donors (Lipinski definition) is 2. The number of carbonyl (C=O) groups excluding carboxylic acids is 2. The number of carbonyl (C=O) groups is 2. The van der Waals surface area contributed by atoms with Gasteiger partial charge in [-0.05, 0) is 38.6 Å². The number of likely N-dealkylation sites (N-methyl/N-ethyl adjacent to an activating group) is 1. The fourth-order valence-corrected chi connectivity index (χ4v) is 3.70. The number of aromatic nitrogens is 1. The molecule has 2 saturated heterocycles. The molecule has 25 heavy (non-hydrogen) atoms. The third-order valence-corrected chi connectivity index (χ3v) is 4.94. The standard InChI is InChI=1S/C16H18N2O7/c1-18-7-3-5-9(18)16-13(10-8(24-16)4-2-6-17-10)23-14(21)11(19)12(20)15(22)25-16/h2,4,6,9,11-13,19-20H,3,5,7H2,1H3/t9-,11?,12?,13?,16-/m0/s1. The highest BCUT2D eigenvalue weighted by atomic mass is 16.8. The zero-order valence-corrected chi connectivity index (χ0v) is 13.5. The van der Waals surface area contributed by atoms with Gasteiger partial charge in [0.1, 0.15) is 11.4 Å². The van der Waals surface area contributed by atoms with Crippen LogP contribution < -0.4 is 4.74 Å². The van der Waals surface area contributed by atoms with E-state index in [1.165, 1.54) is 6.20 Å². The second-order valence-corrected chi connectivity index (χ2v) is 6.48. The van der Waals surface area contributed by atoms with Gasteiger partial charge in [0.2, 0.25) is 6.10 Å². The highest BCUT2D eigenvalue weighted by Gasteiger charge is 2.64. The highest BCUT2D eigenvalue weighted by Crippen LogP contribution is 2.50. The van der Waals surface area contributed by atoms with E-state index >= 15 is 0 Å². The number of esters is 2. The van der Waals surface area contributed by atoms with Crippen LogP contribution in [0.15, 0.2) is 18.3 Å². The SMILES string of the molecule is CN1CCC[C@H]1[C@]12OC(=O)C(O)C(O)C(=O)OC1c1ncccc1O2. The lowest BCUT2D eigenvalue weighted by molar-refractivity contribution is -0.269. The number of rotatable bonds is 1. The third kappa shape index (κ3) is 2.30. The summed E-state index contributed by atoms with van der Waals surface area (Å²) in [6, 6.07) is 2.89. The Morgan fingerprint density at radius 1 is 1.24 bits per heavy atom. The maximum absolute atomic E-state index is 12.3. The Bertz CT molecular complexity index is 726. The fraction of sp³-hybridized carbons (Fsp3) is 0.562. The van der Waals surface area contributed by atoms with Gasteiger partial charge in [-0.15, -0.1) is 0 Å². The molecule has 0 spiro atoms. The third-order valence-electron chi connectivity index (χ3n) is 4.94. The average Bonchev–Trinajstić information content (AvgIpc) is 3.15. The summed E-state index contributed by atoms with van der Waals surface area (Å²) in [5.74, 6) is -3.58. The van der Waals surface area contributed by atoms with Gasteiger partial charge in [0.25, 0.3) is 0 Å². The van der Waals surface area contributed by atoms with Crippen molar-refractivity contribution >= 4 is 11.9 Å². The first-order valence-corrected chi connectivity index (χ1v) is 8.07. The molecule has 4 heterocycles. The van der Waals surface area contributed by atoms with Crippen LogP contribution in [0, 0.1) is 0 Å². The van der Waals surface area contributed by atoms with Gasteiger partial charge < -0.3 is 24.4 Å². The lowest BCUT2D eigenvalue weighted by Gasteiger charge is -2.41. The van der Waals surface area contributed by atoms with Gasteiger partial charge in [-0.2, -0.15) is 0 Å². The first-order valence-electron chi connectivity index (χ1n) is 8.07. The molecule has 0 aliphatic carbocycles. The van der Waals surface area contributed by atoms with E-state index in [1.54, 1.807) is 12.1 Å². The molecule has 3 aliphatic heterocycles. The van der Waals surface area contributed by atoms with Crippen LogP contribution in [-0.2, 0) is 19.1 Å². The Hall–Kier alpha value is -2.23. The zero-order valence-electron chi connectivity index (χ0n) is 13.5. The molecule has 0 aromatic carbocycles. The number of aliphatic hydroxyl groups is 2. The summed E-state index contributed by atoms with van der Waals surface area (Å²) in [7, 11) is 1.85. The summed E-state index contributed by atoms with van der Waals surface area (Å²) < 4.78 is 16.9. The van der Waals surface area contributed by atoms with Gasteiger partial charge in [-0.1, -0.05) is 0 Å². The quantitative estimate of drug-likeness (QED) is 0.623. The van der Waals surface area contributed by atoms with Crippen LogP contribution in [0.5, 0.6) is 5.75 Å². The van der Waals surface area contributed by atoms with E-state index in [2.05, 4.69) is 4.98 Å². The Labute approximate surface area is 143 Å². The van der Waals surface area contributed by atoms with Crippen molar-refractivity contribution in [3.05, 3.63) is 24.0 Å². The van der Waals surface area contributed by atoms with E-state index in [4.69, 9.17) is 14.2 Å². The second kappa shape index (κ2) is 5.65. The number of hydrogen-bond acceptors (Lipinski definition) is 9. The van der Waals surface area contributed by atoms with Crippen LogP contribution in [-0.4, -0.2) is 69.7 Å². The first-order chi connectivity index (χ1) is 11.9. The Balaban J connectivity index is 1.85. The van der Waals surface area contributed by atoms with Crippen LogP contribution in [0.1, 0.15) is 24.6 Å². The van der Waals surface area contributed by atoms with Crippen LogP contribution in [0.2, 0.25) is 0 Å². The minimum Gasteiger partial charge on any atom is -0.445 e. The van der Waals surface area contributed by atoms with Gasteiger partial charge in [0.05, 0.1) is 6.04 Å². The summed E-state index contributed by atoms with van der Waals surface area (Å²) in [4.78, 5) is 30.7. The predicted octanol–water partition coefficient (Wildman–Crippen LogP) is -0.873. The average molecular weight is 350 g/mol. The smallest absolute Gasteiger partial charge is 0.341 e. The van der Waals surface area contributed by atoms with E-state index in [-0.39, 0.29) is 0 Å². The molecule has 0 amide bonds. The summed E-state index contributed by atoms with van der Waals surface area (Å²) >= 11 is 0. The number of likely N-dealkylation sites (tertiary alicyclic amines) is 1. The van der Waals surface area contributed by atoms with Gasteiger partial charge in [0.15, 0.2) is 12.2 Å². The lowest BCUT2D eigenvalue weighted by Crippen LogP contribution is -2.61. The summed E-state index contributed by atoms with van der Waals surface area (Å²) in [6.45, 7) is 0.753. The molecule has 1 aromatic rings. The van der Waals surface area contributed by atoms with Crippen molar-refractivity contribution in [1.29, 1.82) is 0 Å². The number of fused-ring (bicyclic) bond motifs is 3. The molecule has 3 aliphatic rings. The first kappa shape index (κ1) is 16.2. The van der Waals surface area contributed by atoms with E-state index in [0.717, 1.165) is 13.0 Å². The molecular weight excluding hydrogens is 332 g/mol. The van der Waals surface area contributed by atoms with Crippen molar-refractivity contribution in [3.8, 4) is 5.75 Å². The number of nitrogens with zero attached hydrogens (tertiary/aromatic N) is 2. The van der Waals surface area contributed by atoms with Crippen molar-refractivity contribution < 1.29 is 34.0 Å². The number of aliphatic hydroxyl groups excluding tert-OH is 2. The summed E-state index contributed by atoms with van der Waals surface area (Å²) in [6.07, 6.45) is -2.20.